The molecular weight excluding hydrogens is 284 g/mol. The van der Waals surface area contributed by atoms with Gasteiger partial charge in [0.25, 0.3) is 0 Å². The quantitative estimate of drug-likeness (QED) is 0.924. The predicted octanol–water partition coefficient (Wildman–Crippen LogP) is 2.72. The summed E-state index contributed by atoms with van der Waals surface area (Å²) in [6.45, 7) is 3.09. The normalized spacial score (nSPS) is 14.0. The summed E-state index contributed by atoms with van der Waals surface area (Å²) in [7, 11) is 0. The third-order valence-corrected chi connectivity index (χ3v) is 4.26. The molecule has 0 aliphatic heterocycles. The van der Waals surface area contributed by atoms with E-state index in [0.29, 0.717) is 19.1 Å². The number of nitrogens with one attached hydrogen (secondary N) is 1. The minimum absolute atomic E-state index is 0.0139. The van der Waals surface area contributed by atoms with E-state index in [9.17, 15) is 4.79 Å². The van der Waals surface area contributed by atoms with Crippen LogP contribution >= 0.6 is 11.3 Å². The van der Waals surface area contributed by atoms with Crippen LogP contribution in [-0.4, -0.2) is 26.9 Å². The number of urea groups is 1. The Morgan fingerprint density at radius 1 is 1.43 bits per heavy atom. The molecule has 5 nitrogen and oxygen atoms in total. The van der Waals surface area contributed by atoms with Gasteiger partial charge >= 0.3 is 6.03 Å². The van der Waals surface area contributed by atoms with Gasteiger partial charge in [0, 0.05) is 30.4 Å². The summed E-state index contributed by atoms with van der Waals surface area (Å²) < 4.78 is 0. The molecule has 0 saturated heterocycles. The number of hydrogen-bond donors (Lipinski definition) is 1. The van der Waals surface area contributed by atoms with Gasteiger partial charge in [0.2, 0.25) is 0 Å². The number of carbonyl (C=O) groups excluding carboxylic acids is 1. The summed E-state index contributed by atoms with van der Waals surface area (Å²) in [5.41, 5.74) is 2.03. The summed E-state index contributed by atoms with van der Waals surface area (Å²) in [4.78, 5) is 22.7. The highest BCUT2D eigenvalue weighted by Gasteiger charge is 2.32. The summed E-state index contributed by atoms with van der Waals surface area (Å²) in [5, 5.41) is 5.98. The Morgan fingerprint density at radius 3 is 2.81 bits per heavy atom. The van der Waals surface area contributed by atoms with Crippen molar-refractivity contribution in [2.24, 2.45) is 0 Å². The van der Waals surface area contributed by atoms with Crippen LogP contribution in [0.2, 0.25) is 0 Å². The maximum Gasteiger partial charge on any atom is 0.318 e. The molecule has 0 spiro atoms. The summed E-state index contributed by atoms with van der Waals surface area (Å²) >= 11 is 1.60. The van der Waals surface area contributed by atoms with Crippen LogP contribution in [0.25, 0.3) is 0 Å². The van der Waals surface area contributed by atoms with E-state index < -0.39 is 0 Å². The summed E-state index contributed by atoms with van der Waals surface area (Å²) in [6, 6.07) is 4.26. The van der Waals surface area contributed by atoms with Crippen LogP contribution in [0.4, 0.5) is 4.79 Å². The number of nitrogens with zero attached hydrogens (tertiary/aromatic N) is 3. The molecule has 3 rings (SSSR count). The van der Waals surface area contributed by atoms with Gasteiger partial charge in [-0.1, -0.05) is 0 Å². The van der Waals surface area contributed by atoms with Crippen molar-refractivity contribution in [1.82, 2.24) is 20.2 Å². The monoisotopic (exact) mass is 302 g/mol. The fourth-order valence-electron chi connectivity index (χ4n) is 2.19. The third-order valence-electron chi connectivity index (χ3n) is 3.44. The topological polar surface area (TPSA) is 58.1 Å². The number of rotatable bonds is 5. The summed E-state index contributed by atoms with van der Waals surface area (Å²) in [6.07, 6.45) is 5.70. The van der Waals surface area contributed by atoms with Crippen LogP contribution in [0.15, 0.2) is 29.9 Å². The Hall–Kier alpha value is -1.95. The number of aromatic nitrogens is 2. The molecule has 1 N–H and O–H groups in total. The van der Waals surface area contributed by atoms with E-state index >= 15 is 0 Å². The van der Waals surface area contributed by atoms with Crippen LogP contribution in [0, 0.1) is 6.92 Å². The lowest BCUT2D eigenvalue weighted by Crippen LogP contribution is -2.40. The fourth-order valence-corrected chi connectivity index (χ4v) is 2.81. The number of amides is 2. The van der Waals surface area contributed by atoms with Crippen molar-refractivity contribution >= 4 is 17.4 Å². The largest absolute Gasteiger partial charge is 0.332 e. The lowest BCUT2D eigenvalue weighted by atomic mass is 10.2. The minimum atomic E-state index is -0.0139. The second kappa shape index (κ2) is 6.22. The molecule has 2 amide bonds. The number of aryl methyl sites for hydroxylation is 1. The maximum absolute atomic E-state index is 12.4. The van der Waals surface area contributed by atoms with E-state index in [4.69, 9.17) is 0 Å². The first kappa shape index (κ1) is 14.0. The Kier molecular flexibility index (Phi) is 4.15. The van der Waals surface area contributed by atoms with Gasteiger partial charge < -0.3 is 10.2 Å². The average molecular weight is 302 g/mol. The van der Waals surface area contributed by atoms with Gasteiger partial charge in [-0.15, -0.1) is 11.3 Å². The van der Waals surface area contributed by atoms with E-state index in [1.54, 1.807) is 23.7 Å². The molecule has 1 aliphatic rings. The zero-order valence-corrected chi connectivity index (χ0v) is 12.8. The summed E-state index contributed by atoms with van der Waals surface area (Å²) in [5.74, 6) is 0. The Morgan fingerprint density at radius 2 is 2.19 bits per heavy atom. The molecule has 0 unspecified atom stereocenters. The molecule has 0 aromatic carbocycles. The van der Waals surface area contributed by atoms with Gasteiger partial charge in [0.15, 0.2) is 0 Å². The van der Waals surface area contributed by atoms with E-state index in [1.165, 1.54) is 0 Å². The van der Waals surface area contributed by atoms with Crippen molar-refractivity contribution in [3.05, 3.63) is 46.2 Å². The van der Waals surface area contributed by atoms with Gasteiger partial charge in [0.05, 0.1) is 17.2 Å². The Bertz CT molecular complexity index is 609. The first-order chi connectivity index (χ1) is 10.2. The van der Waals surface area contributed by atoms with Crippen molar-refractivity contribution in [3.8, 4) is 0 Å². The van der Waals surface area contributed by atoms with Gasteiger partial charge in [-0.3, -0.25) is 4.98 Å². The van der Waals surface area contributed by atoms with Crippen molar-refractivity contribution < 1.29 is 4.79 Å². The van der Waals surface area contributed by atoms with E-state index in [1.807, 2.05) is 29.3 Å². The molecule has 0 bridgehead atoms. The second-order valence-corrected chi connectivity index (χ2v) is 6.29. The van der Waals surface area contributed by atoms with Gasteiger partial charge in [0.1, 0.15) is 0 Å². The lowest BCUT2D eigenvalue weighted by molar-refractivity contribution is 0.191. The molecular formula is C15H18N4OS. The minimum Gasteiger partial charge on any atom is -0.332 e. The third kappa shape index (κ3) is 3.78. The standard InChI is InChI=1S/C15H18N4OS/c1-11-18-13(10-21-11)8-17-15(20)19(14-2-3-14)9-12-4-6-16-7-5-12/h4-7,10,14H,2-3,8-9H2,1H3,(H,17,20). The second-order valence-electron chi connectivity index (χ2n) is 5.23. The Labute approximate surface area is 128 Å². The molecule has 2 heterocycles. The molecule has 6 heteroatoms. The van der Waals surface area contributed by atoms with Crippen LogP contribution in [0.3, 0.4) is 0 Å². The zero-order valence-electron chi connectivity index (χ0n) is 12.0. The maximum atomic E-state index is 12.4. The first-order valence-corrected chi connectivity index (χ1v) is 7.95. The zero-order chi connectivity index (χ0) is 14.7. The molecule has 0 radical (unpaired) electrons. The SMILES string of the molecule is Cc1nc(CNC(=O)N(Cc2ccncc2)C2CC2)cs1. The predicted molar refractivity (Wildman–Crippen MR) is 81.9 cm³/mol. The lowest BCUT2D eigenvalue weighted by Gasteiger charge is -2.22. The van der Waals surface area contributed by atoms with E-state index in [2.05, 4.69) is 15.3 Å². The van der Waals surface area contributed by atoms with Crippen molar-refractivity contribution in [2.75, 3.05) is 0 Å². The van der Waals surface area contributed by atoms with E-state index in [-0.39, 0.29) is 6.03 Å². The van der Waals surface area contributed by atoms with Crippen molar-refractivity contribution in [2.45, 2.75) is 38.9 Å². The van der Waals surface area contributed by atoms with Gasteiger partial charge in [-0.05, 0) is 37.5 Å². The Balaban J connectivity index is 1.59. The van der Waals surface area contributed by atoms with Crippen molar-refractivity contribution in [3.63, 3.8) is 0 Å². The molecule has 1 saturated carbocycles. The number of thiazole rings is 1. The number of carbonyl (C=O) groups is 1. The van der Waals surface area contributed by atoms with Crippen LogP contribution in [0.5, 0.6) is 0 Å². The van der Waals surface area contributed by atoms with Crippen LogP contribution < -0.4 is 5.32 Å². The van der Waals surface area contributed by atoms with Crippen LogP contribution in [0.1, 0.15) is 29.1 Å². The highest BCUT2D eigenvalue weighted by Crippen LogP contribution is 2.28. The van der Waals surface area contributed by atoms with Crippen LogP contribution in [-0.2, 0) is 13.1 Å². The smallest absolute Gasteiger partial charge is 0.318 e. The first-order valence-electron chi connectivity index (χ1n) is 7.07. The molecule has 2 aromatic rings. The molecule has 1 fully saturated rings. The van der Waals surface area contributed by atoms with E-state index in [0.717, 1.165) is 29.1 Å². The fraction of sp³-hybridized carbons (Fsp3) is 0.400. The highest BCUT2D eigenvalue weighted by molar-refractivity contribution is 7.09. The highest BCUT2D eigenvalue weighted by atomic mass is 32.1. The van der Waals surface area contributed by atoms with Gasteiger partial charge in [-0.2, -0.15) is 0 Å². The molecule has 1 aliphatic carbocycles. The molecule has 110 valence electrons. The molecule has 0 atom stereocenters. The molecule has 2 aromatic heterocycles. The van der Waals surface area contributed by atoms with Gasteiger partial charge in [-0.25, -0.2) is 9.78 Å². The average Bonchev–Trinajstić information content (AvgIpc) is 3.25. The number of pyridine rings is 1. The molecule has 21 heavy (non-hydrogen) atoms. The van der Waals surface area contributed by atoms with Crippen molar-refractivity contribution in [1.29, 1.82) is 0 Å². The number of hydrogen-bond acceptors (Lipinski definition) is 4.